The lowest BCUT2D eigenvalue weighted by Gasteiger charge is -2.32. The number of fused-ring (bicyclic) bond motifs is 1. The van der Waals surface area contributed by atoms with Gasteiger partial charge in [-0.05, 0) is 47.2 Å². The summed E-state index contributed by atoms with van der Waals surface area (Å²) in [5, 5.41) is 3.01. The van der Waals surface area contributed by atoms with Crippen LogP contribution < -0.4 is 15.0 Å². The van der Waals surface area contributed by atoms with Gasteiger partial charge >= 0.3 is 0 Å². The van der Waals surface area contributed by atoms with Crippen molar-refractivity contribution in [1.29, 1.82) is 0 Å². The number of carbonyl (C=O) groups is 2. The number of rotatable bonds is 5. The molecule has 0 radical (unpaired) electrons. The summed E-state index contributed by atoms with van der Waals surface area (Å²) in [7, 11) is 0. The van der Waals surface area contributed by atoms with Gasteiger partial charge in [-0.15, -0.1) is 0 Å². The molecule has 3 aromatic carbocycles. The molecule has 0 fully saturated rings. The first-order valence-corrected chi connectivity index (χ1v) is 11.5. The van der Waals surface area contributed by atoms with Gasteiger partial charge < -0.3 is 10.1 Å². The third-order valence-corrected chi connectivity index (χ3v) is 5.87. The number of anilines is 1. The molecule has 5 heteroatoms. The largest absolute Gasteiger partial charge is 0.449 e. The lowest BCUT2D eigenvalue weighted by molar-refractivity contribution is -0.123. The third kappa shape index (κ3) is 5.20. The maximum atomic E-state index is 13.5. The van der Waals surface area contributed by atoms with E-state index in [1.165, 1.54) is 4.90 Å². The van der Waals surface area contributed by atoms with Crippen LogP contribution in [0.1, 0.15) is 50.4 Å². The fraction of sp³-hybridized carbons (Fsp3) is 0.241. The smallest absolute Gasteiger partial charge is 0.294 e. The standard InChI is InChI=1S/C29H30N2O3/c1-20(22-13-9-6-10-14-22)30-27(32)19-31-24-18-23(29(2,3)4)15-16-25(24)34-26(28(31)33)17-21-11-7-5-8-12-21/h5-18,20H,19H2,1-4H3,(H,30,32)/b26-17-/t20-/m0/s1. The van der Waals surface area contributed by atoms with Crippen molar-refractivity contribution in [3.63, 3.8) is 0 Å². The van der Waals surface area contributed by atoms with Crippen LogP contribution in [0.15, 0.2) is 84.6 Å². The minimum atomic E-state index is -0.343. The second-order valence-electron chi connectivity index (χ2n) is 9.55. The quantitative estimate of drug-likeness (QED) is 0.509. The molecule has 1 aliphatic rings. The molecule has 0 unspecified atom stereocenters. The zero-order valence-corrected chi connectivity index (χ0v) is 20.0. The Bertz CT molecular complexity index is 1210. The molecular weight excluding hydrogens is 424 g/mol. The highest BCUT2D eigenvalue weighted by Gasteiger charge is 2.33. The van der Waals surface area contributed by atoms with E-state index in [0.717, 1.165) is 16.7 Å². The van der Waals surface area contributed by atoms with Gasteiger partial charge in [0.05, 0.1) is 11.7 Å². The fourth-order valence-corrected chi connectivity index (χ4v) is 3.89. The Kier molecular flexibility index (Phi) is 6.55. The van der Waals surface area contributed by atoms with E-state index in [1.807, 2.05) is 85.8 Å². The molecule has 1 aliphatic heterocycles. The summed E-state index contributed by atoms with van der Waals surface area (Å²) in [5.41, 5.74) is 3.40. The predicted molar refractivity (Wildman–Crippen MR) is 136 cm³/mol. The number of carbonyl (C=O) groups excluding carboxylic acids is 2. The van der Waals surface area contributed by atoms with Crippen LogP contribution in [0.3, 0.4) is 0 Å². The highest BCUT2D eigenvalue weighted by Crippen LogP contribution is 2.39. The molecule has 174 valence electrons. The minimum Gasteiger partial charge on any atom is -0.449 e. The first kappa shape index (κ1) is 23.3. The van der Waals surface area contributed by atoms with Gasteiger partial charge in [0.2, 0.25) is 5.91 Å². The summed E-state index contributed by atoms with van der Waals surface area (Å²) in [4.78, 5) is 28.0. The number of benzene rings is 3. The van der Waals surface area contributed by atoms with Crippen LogP contribution in [0.2, 0.25) is 0 Å². The Hall–Kier alpha value is -3.86. The average molecular weight is 455 g/mol. The molecule has 3 aromatic rings. The number of hydrogen-bond donors (Lipinski definition) is 1. The van der Waals surface area contributed by atoms with E-state index in [-0.39, 0.29) is 35.6 Å². The van der Waals surface area contributed by atoms with Crippen LogP contribution in [0.5, 0.6) is 5.75 Å². The maximum absolute atomic E-state index is 13.5. The normalized spacial score (nSPS) is 15.5. The predicted octanol–water partition coefficient (Wildman–Crippen LogP) is 5.63. The zero-order valence-electron chi connectivity index (χ0n) is 20.0. The molecule has 2 amide bonds. The lowest BCUT2D eigenvalue weighted by atomic mass is 9.86. The molecule has 1 N–H and O–H groups in total. The van der Waals surface area contributed by atoms with E-state index in [0.29, 0.717) is 11.4 Å². The topological polar surface area (TPSA) is 58.6 Å². The monoisotopic (exact) mass is 454 g/mol. The summed E-state index contributed by atoms with van der Waals surface area (Å²) in [6, 6.07) is 24.9. The van der Waals surface area contributed by atoms with Crippen LogP contribution in [0.25, 0.3) is 6.08 Å². The van der Waals surface area contributed by atoms with Gasteiger partial charge in [-0.1, -0.05) is 87.5 Å². The average Bonchev–Trinajstić information content (AvgIpc) is 2.82. The molecule has 1 heterocycles. The highest BCUT2D eigenvalue weighted by atomic mass is 16.5. The molecule has 0 saturated carbocycles. The van der Waals surface area contributed by atoms with Crippen molar-refractivity contribution < 1.29 is 14.3 Å². The van der Waals surface area contributed by atoms with Crippen molar-refractivity contribution in [3.8, 4) is 5.75 Å². The molecule has 0 aromatic heterocycles. The van der Waals surface area contributed by atoms with E-state index in [1.54, 1.807) is 6.08 Å². The zero-order chi connectivity index (χ0) is 24.3. The summed E-state index contributed by atoms with van der Waals surface area (Å²) in [6.45, 7) is 8.16. The second-order valence-corrected chi connectivity index (χ2v) is 9.55. The molecule has 0 spiro atoms. The van der Waals surface area contributed by atoms with E-state index in [2.05, 4.69) is 26.1 Å². The minimum absolute atomic E-state index is 0.105. The third-order valence-electron chi connectivity index (χ3n) is 5.87. The Morgan fingerprint density at radius 1 is 1.00 bits per heavy atom. The van der Waals surface area contributed by atoms with E-state index < -0.39 is 0 Å². The van der Waals surface area contributed by atoms with Gasteiger partial charge in [-0.2, -0.15) is 0 Å². The van der Waals surface area contributed by atoms with E-state index in [4.69, 9.17) is 4.74 Å². The molecule has 0 bridgehead atoms. The van der Waals surface area contributed by atoms with Gasteiger partial charge in [0, 0.05) is 0 Å². The molecule has 34 heavy (non-hydrogen) atoms. The van der Waals surface area contributed by atoms with Crippen molar-refractivity contribution in [2.45, 2.75) is 39.2 Å². The Labute approximate surface area is 201 Å². The Morgan fingerprint density at radius 2 is 1.65 bits per heavy atom. The summed E-state index contributed by atoms with van der Waals surface area (Å²) >= 11 is 0. The SMILES string of the molecule is C[C@H](NC(=O)CN1C(=O)/C(=C/c2ccccc2)Oc2ccc(C(C)(C)C)cc21)c1ccccc1. The van der Waals surface area contributed by atoms with Gasteiger partial charge in [0.1, 0.15) is 6.54 Å². The number of nitrogens with one attached hydrogen (secondary N) is 1. The van der Waals surface area contributed by atoms with Crippen molar-refractivity contribution in [2.24, 2.45) is 0 Å². The maximum Gasteiger partial charge on any atom is 0.294 e. The molecule has 1 atom stereocenters. The van der Waals surface area contributed by atoms with Crippen LogP contribution >= 0.6 is 0 Å². The Morgan fingerprint density at radius 3 is 2.29 bits per heavy atom. The lowest BCUT2D eigenvalue weighted by Crippen LogP contribution is -2.44. The van der Waals surface area contributed by atoms with Crippen LogP contribution in [0, 0.1) is 0 Å². The highest BCUT2D eigenvalue weighted by molar-refractivity contribution is 6.12. The number of ether oxygens (including phenoxy) is 1. The van der Waals surface area contributed by atoms with Crippen molar-refractivity contribution >= 4 is 23.6 Å². The van der Waals surface area contributed by atoms with Crippen LogP contribution in [0.4, 0.5) is 5.69 Å². The first-order chi connectivity index (χ1) is 16.2. The number of nitrogens with zero attached hydrogens (tertiary/aromatic N) is 1. The molecule has 4 rings (SSSR count). The van der Waals surface area contributed by atoms with E-state index in [9.17, 15) is 9.59 Å². The van der Waals surface area contributed by atoms with Crippen molar-refractivity contribution in [2.75, 3.05) is 11.4 Å². The fourth-order valence-electron chi connectivity index (χ4n) is 3.89. The van der Waals surface area contributed by atoms with Gasteiger partial charge in [0.15, 0.2) is 11.5 Å². The van der Waals surface area contributed by atoms with Gasteiger partial charge in [-0.25, -0.2) is 0 Å². The molecule has 0 aliphatic carbocycles. The molecule has 5 nitrogen and oxygen atoms in total. The molecule has 0 saturated heterocycles. The summed E-state index contributed by atoms with van der Waals surface area (Å²) in [5.74, 6) is 0.160. The first-order valence-electron chi connectivity index (χ1n) is 11.5. The van der Waals surface area contributed by atoms with Crippen LogP contribution in [-0.2, 0) is 15.0 Å². The van der Waals surface area contributed by atoms with E-state index >= 15 is 0 Å². The summed E-state index contributed by atoms with van der Waals surface area (Å²) in [6.07, 6.45) is 1.71. The number of hydrogen-bond acceptors (Lipinski definition) is 3. The second kappa shape index (κ2) is 9.56. The summed E-state index contributed by atoms with van der Waals surface area (Å²) < 4.78 is 6.02. The van der Waals surface area contributed by atoms with Crippen molar-refractivity contribution in [1.82, 2.24) is 5.32 Å². The van der Waals surface area contributed by atoms with Crippen molar-refractivity contribution in [3.05, 3.63) is 101 Å². The molecular formula is C29H30N2O3. The van der Waals surface area contributed by atoms with Crippen LogP contribution in [-0.4, -0.2) is 18.4 Å². The Balaban J connectivity index is 1.66. The van der Waals surface area contributed by atoms with Gasteiger partial charge in [0.25, 0.3) is 5.91 Å². The number of amides is 2. The van der Waals surface area contributed by atoms with Gasteiger partial charge in [-0.3, -0.25) is 14.5 Å².